The third-order valence-corrected chi connectivity index (χ3v) is 2.70. The molecule has 1 amide bonds. The van der Waals surface area contributed by atoms with Crippen LogP contribution in [-0.4, -0.2) is 11.7 Å². The maximum absolute atomic E-state index is 12.0. The number of hydrogen-bond donors (Lipinski definition) is 0. The van der Waals surface area contributed by atoms with Crippen LogP contribution in [0, 0.1) is 6.54 Å². The molecule has 5 heteroatoms. The van der Waals surface area contributed by atoms with Crippen molar-refractivity contribution in [3.8, 4) is 0 Å². The monoisotopic (exact) mass is 315 g/mol. The molecule has 0 aromatic heterocycles. The Morgan fingerprint density at radius 3 is 2.72 bits per heavy atom. The fraction of sp³-hybridized carbons (Fsp3) is 0.385. The fourth-order valence-electron chi connectivity index (χ4n) is 1.75. The number of nitrogens with zero attached hydrogens (tertiary/aromatic N) is 1. The van der Waals surface area contributed by atoms with Crippen LogP contribution < -0.4 is 4.90 Å². The Kier molecular flexibility index (Phi) is 4.71. The van der Waals surface area contributed by atoms with E-state index in [1.54, 1.807) is 12.6 Å². The van der Waals surface area contributed by atoms with Crippen molar-refractivity contribution in [2.75, 3.05) is 4.90 Å². The van der Waals surface area contributed by atoms with Crippen LogP contribution in [0.1, 0.15) is 26.3 Å². The summed E-state index contributed by atoms with van der Waals surface area (Å²) in [5.74, 6) is 0. The molecule has 0 atom stereocenters. The minimum Gasteiger partial charge on any atom is -0.445 e. The predicted molar refractivity (Wildman–Crippen MR) is 68.2 cm³/mol. The number of ether oxygens (including phenoxy) is 1. The molecule has 1 heterocycles. The molecule has 0 bridgehead atoms. The summed E-state index contributed by atoms with van der Waals surface area (Å²) in [7, 11) is 0. The van der Waals surface area contributed by atoms with Crippen LogP contribution in [0.25, 0.3) is 0 Å². The molecule has 0 unspecified atom stereocenters. The summed E-state index contributed by atoms with van der Waals surface area (Å²) in [5, 5.41) is 0.571. The largest absolute Gasteiger partial charge is 1.00 e. The van der Waals surface area contributed by atoms with Crippen molar-refractivity contribution in [2.45, 2.75) is 32.8 Å². The molecule has 0 saturated carbocycles. The van der Waals surface area contributed by atoms with E-state index in [2.05, 4.69) is 0 Å². The van der Waals surface area contributed by atoms with Gasteiger partial charge in [-0.05, 0) is 26.8 Å². The van der Waals surface area contributed by atoms with E-state index in [-0.39, 0.29) is 23.2 Å². The molecule has 0 aliphatic carbocycles. The van der Waals surface area contributed by atoms with Gasteiger partial charge in [-0.15, -0.1) is 6.42 Å². The van der Waals surface area contributed by atoms with Crippen molar-refractivity contribution < 1.29 is 26.6 Å². The molecule has 0 fully saturated rings. The number of halogens is 1. The van der Waals surface area contributed by atoms with E-state index in [1.807, 2.05) is 32.9 Å². The zero-order valence-electron chi connectivity index (χ0n) is 10.5. The third kappa shape index (κ3) is 3.19. The van der Waals surface area contributed by atoms with Crippen LogP contribution in [0.5, 0.6) is 0 Å². The molecule has 3 nitrogen and oxygen atoms in total. The summed E-state index contributed by atoms with van der Waals surface area (Å²) < 4.78 is 5.33. The second-order valence-electron chi connectivity index (χ2n) is 4.98. The van der Waals surface area contributed by atoms with Gasteiger partial charge in [0.15, 0.2) is 0 Å². The fourth-order valence-corrected chi connectivity index (χ4v) is 2.04. The number of benzene rings is 1. The zero-order valence-corrected chi connectivity index (χ0v) is 12.2. The molecule has 2 rings (SSSR count). The van der Waals surface area contributed by atoms with E-state index >= 15 is 0 Å². The molecule has 0 N–H and O–H groups in total. The molecule has 1 aliphatic heterocycles. The van der Waals surface area contributed by atoms with Crippen LogP contribution in [0.2, 0.25) is 5.02 Å². The van der Waals surface area contributed by atoms with E-state index in [9.17, 15) is 4.79 Å². The van der Waals surface area contributed by atoms with Crippen LogP contribution in [-0.2, 0) is 28.2 Å². The Balaban J connectivity index is 0.00000162. The number of fused-ring (bicyclic) bond motifs is 1. The third-order valence-electron chi connectivity index (χ3n) is 2.40. The van der Waals surface area contributed by atoms with Crippen molar-refractivity contribution in [2.24, 2.45) is 0 Å². The Hall–Kier alpha value is -0.701. The summed E-state index contributed by atoms with van der Waals surface area (Å²) in [6.45, 7) is 7.32. The Morgan fingerprint density at radius 2 is 2.11 bits per heavy atom. The summed E-state index contributed by atoms with van der Waals surface area (Å²) in [4.78, 5) is 13.5. The molecule has 1 aromatic rings. The van der Waals surface area contributed by atoms with Crippen molar-refractivity contribution in [1.82, 2.24) is 0 Å². The number of hydrogen-bond acceptors (Lipinski definition) is 2. The van der Waals surface area contributed by atoms with Gasteiger partial charge in [-0.2, -0.15) is 0 Å². The van der Waals surface area contributed by atoms with Crippen molar-refractivity contribution in [1.29, 1.82) is 0 Å². The minimum atomic E-state index is -0.505. The molecule has 0 spiro atoms. The standard InChI is InChI=1S/C13H15ClNO2.Cu/c1-13(2,3)17-12(16)15-8-7-9-5-4-6-10(14)11(9)15;/h4-6,8H,7H2,1-3H3;/q-1;+1. The van der Waals surface area contributed by atoms with Crippen molar-refractivity contribution in [3.63, 3.8) is 0 Å². The van der Waals surface area contributed by atoms with Crippen molar-refractivity contribution >= 4 is 23.4 Å². The van der Waals surface area contributed by atoms with Crippen LogP contribution in [0.4, 0.5) is 10.5 Å². The van der Waals surface area contributed by atoms with Gasteiger partial charge in [-0.1, -0.05) is 29.3 Å². The summed E-state index contributed by atoms with van der Waals surface area (Å²) in [6, 6.07) is 5.62. The average molecular weight is 316 g/mol. The van der Waals surface area contributed by atoms with E-state index in [1.165, 1.54) is 4.90 Å². The molecular formula is C13H15ClCuNO2. The Morgan fingerprint density at radius 1 is 1.44 bits per heavy atom. The van der Waals surface area contributed by atoms with E-state index < -0.39 is 5.60 Å². The van der Waals surface area contributed by atoms with Gasteiger partial charge >= 0.3 is 23.2 Å². The zero-order chi connectivity index (χ0) is 12.6. The van der Waals surface area contributed by atoms with Gasteiger partial charge in [-0.25, -0.2) is 11.3 Å². The summed E-state index contributed by atoms with van der Waals surface area (Å²) in [6.07, 6.45) is 0.319. The molecule has 18 heavy (non-hydrogen) atoms. The number of carbonyl (C=O) groups is 1. The van der Waals surface area contributed by atoms with E-state index in [0.717, 1.165) is 11.3 Å². The first-order chi connectivity index (χ1) is 7.88. The molecule has 1 aliphatic rings. The van der Waals surface area contributed by atoms with Crippen molar-refractivity contribution in [3.05, 3.63) is 35.3 Å². The smallest absolute Gasteiger partial charge is 0.445 e. The number of carbonyl (C=O) groups excluding carboxylic acids is 1. The van der Waals surface area contributed by atoms with Gasteiger partial charge in [0.2, 0.25) is 0 Å². The van der Waals surface area contributed by atoms with Crippen LogP contribution in [0.3, 0.4) is 0 Å². The van der Waals surface area contributed by atoms with Gasteiger partial charge in [-0.3, -0.25) is 0 Å². The van der Waals surface area contributed by atoms with Gasteiger partial charge in [0.25, 0.3) is 0 Å². The molecule has 1 aromatic carbocycles. The van der Waals surface area contributed by atoms with Gasteiger partial charge < -0.3 is 9.64 Å². The number of rotatable bonds is 0. The topological polar surface area (TPSA) is 29.5 Å². The summed E-state index contributed by atoms with van der Waals surface area (Å²) >= 11 is 6.11. The first kappa shape index (κ1) is 15.4. The first-order valence-corrected chi connectivity index (χ1v) is 5.89. The number of para-hydroxylation sites is 1. The maximum atomic E-state index is 12.0. The number of anilines is 1. The number of amides is 1. The van der Waals surface area contributed by atoms with E-state index in [4.69, 9.17) is 16.3 Å². The van der Waals surface area contributed by atoms with Gasteiger partial charge in [0.1, 0.15) is 5.60 Å². The molecule has 0 saturated heterocycles. The second kappa shape index (κ2) is 5.52. The Labute approximate surface area is 123 Å². The Bertz CT molecular complexity index is 457. The predicted octanol–water partition coefficient (Wildman–Crippen LogP) is 3.80. The SMILES string of the molecule is CC(C)(C)OC(=O)N1[CH-]Cc2cccc(Cl)c21.[Cu+]. The van der Waals surface area contributed by atoms with Gasteiger partial charge in [0, 0.05) is 5.69 Å². The van der Waals surface area contributed by atoms with Crippen LogP contribution >= 0.6 is 11.6 Å². The van der Waals surface area contributed by atoms with Crippen LogP contribution in [0.15, 0.2) is 18.2 Å². The maximum Gasteiger partial charge on any atom is 1.00 e. The molecule has 102 valence electrons. The van der Waals surface area contributed by atoms with Gasteiger partial charge in [0.05, 0.1) is 5.02 Å². The first-order valence-electron chi connectivity index (χ1n) is 5.51. The van der Waals surface area contributed by atoms with E-state index in [0.29, 0.717) is 11.4 Å². The summed E-state index contributed by atoms with van der Waals surface area (Å²) in [5.41, 5.74) is 1.28. The average Bonchev–Trinajstić information content (AvgIpc) is 2.60. The normalized spacial score (nSPS) is 13.9. The second-order valence-corrected chi connectivity index (χ2v) is 5.39. The minimum absolute atomic E-state index is 0. The molecule has 0 radical (unpaired) electrons. The molecular weight excluding hydrogens is 301 g/mol. The quantitative estimate of drug-likeness (QED) is 0.538.